The van der Waals surface area contributed by atoms with Gasteiger partial charge in [-0.1, -0.05) is 66.4 Å². The van der Waals surface area contributed by atoms with Gasteiger partial charge in [0.2, 0.25) is 0 Å². The molecule has 10 heteroatoms. The van der Waals surface area contributed by atoms with E-state index in [1.54, 1.807) is 54.6 Å². The van der Waals surface area contributed by atoms with Crippen molar-refractivity contribution < 1.29 is 24.0 Å². The van der Waals surface area contributed by atoms with Crippen LogP contribution in [0, 0.1) is 10.1 Å². The number of nitro benzene ring substituents is 1. The van der Waals surface area contributed by atoms with Crippen LogP contribution in [0.1, 0.15) is 11.3 Å². The fourth-order valence-corrected chi connectivity index (χ4v) is 4.76. The number of carboxylic acid groups (broad SMARTS) is 1. The summed E-state index contributed by atoms with van der Waals surface area (Å²) in [5.41, 5.74) is 0.974. The van der Waals surface area contributed by atoms with Crippen LogP contribution in [0.25, 0.3) is 17.4 Å². The molecule has 1 atom stereocenters. The molecular formula is C23H16N2O6S2. The predicted octanol–water partition coefficient (Wildman–Crippen LogP) is 4.75. The van der Waals surface area contributed by atoms with Gasteiger partial charge in [-0.2, -0.15) is 0 Å². The van der Waals surface area contributed by atoms with Crippen LogP contribution in [0.2, 0.25) is 0 Å². The summed E-state index contributed by atoms with van der Waals surface area (Å²) in [7, 11) is 0. The van der Waals surface area contributed by atoms with Gasteiger partial charge in [-0.15, -0.1) is 0 Å². The number of carbonyl (C=O) groups excluding carboxylic acids is 1. The molecule has 0 bridgehead atoms. The molecule has 1 saturated heterocycles. The second-order valence-corrected chi connectivity index (χ2v) is 8.75. The highest BCUT2D eigenvalue weighted by molar-refractivity contribution is 8.26. The fourth-order valence-electron chi connectivity index (χ4n) is 3.42. The van der Waals surface area contributed by atoms with Crippen LogP contribution in [0.3, 0.4) is 0 Å². The van der Waals surface area contributed by atoms with Gasteiger partial charge in [0.15, 0.2) is 0 Å². The average Bonchev–Trinajstić information content (AvgIpc) is 3.37. The van der Waals surface area contributed by atoms with Gasteiger partial charge in [0.25, 0.3) is 11.6 Å². The molecule has 4 rings (SSSR count). The smallest absolute Gasteiger partial charge is 0.327 e. The minimum atomic E-state index is -1.16. The van der Waals surface area contributed by atoms with Crippen molar-refractivity contribution in [2.45, 2.75) is 12.5 Å². The zero-order chi connectivity index (χ0) is 23.5. The molecule has 33 heavy (non-hydrogen) atoms. The summed E-state index contributed by atoms with van der Waals surface area (Å²) in [5.74, 6) is -1.12. The van der Waals surface area contributed by atoms with Crippen LogP contribution in [0.5, 0.6) is 0 Å². The number of amides is 1. The van der Waals surface area contributed by atoms with Crippen molar-refractivity contribution in [3.8, 4) is 11.3 Å². The van der Waals surface area contributed by atoms with E-state index >= 15 is 0 Å². The molecule has 1 amide bonds. The minimum Gasteiger partial charge on any atom is -0.480 e. The van der Waals surface area contributed by atoms with Crippen molar-refractivity contribution in [3.63, 3.8) is 0 Å². The summed E-state index contributed by atoms with van der Waals surface area (Å²) in [5, 5.41) is 21.0. The van der Waals surface area contributed by atoms with Crippen molar-refractivity contribution in [1.29, 1.82) is 0 Å². The standard InChI is InChI=1S/C23H16N2O6S2/c26-21-20(13-15-10-11-19(31-15)16-8-4-5-9-17(16)25(29)30)33-23(32)24(21)18(22(27)28)12-14-6-2-1-3-7-14/h1-11,13,18H,12H2,(H,27,28)/b20-13+/t18-/m0/s1. The number of rotatable bonds is 7. The first kappa shape index (κ1) is 22.4. The Hall–Kier alpha value is -3.76. The van der Waals surface area contributed by atoms with Gasteiger partial charge >= 0.3 is 5.97 Å². The maximum atomic E-state index is 13.0. The summed E-state index contributed by atoms with van der Waals surface area (Å²) in [6.07, 6.45) is 1.57. The summed E-state index contributed by atoms with van der Waals surface area (Å²) < 4.78 is 5.86. The monoisotopic (exact) mass is 480 g/mol. The Morgan fingerprint density at radius 3 is 2.55 bits per heavy atom. The Bertz CT molecular complexity index is 1280. The number of benzene rings is 2. The van der Waals surface area contributed by atoms with Gasteiger partial charge < -0.3 is 9.52 Å². The Balaban J connectivity index is 1.60. The van der Waals surface area contributed by atoms with E-state index < -0.39 is 22.8 Å². The molecule has 1 fully saturated rings. The lowest BCUT2D eigenvalue weighted by Crippen LogP contribution is -2.45. The average molecular weight is 481 g/mol. The molecule has 8 nitrogen and oxygen atoms in total. The van der Waals surface area contributed by atoms with Crippen LogP contribution in [0.4, 0.5) is 5.69 Å². The Kier molecular flexibility index (Phi) is 6.38. The highest BCUT2D eigenvalue weighted by Crippen LogP contribution is 2.36. The number of carbonyl (C=O) groups is 2. The molecule has 0 saturated carbocycles. The summed E-state index contributed by atoms with van der Waals surface area (Å²) >= 11 is 6.29. The van der Waals surface area contributed by atoms with Gasteiger partial charge in [0.05, 0.1) is 15.4 Å². The van der Waals surface area contributed by atoms with Crippen LogP contribution >= 0.6 is 24.0 Å². The van der Waals surface area contributed by atoms with E-state index in [4.69, 9.17) is 16.6 Å². The molecule has 0 aliphatic carbocycles. The van der Waals surface area contributed by atoms with E-state index in [2.05, 4.69) is 0 Å². The third-order valence-electron chi connectivity index (χ3n) is 4.96. The Labute approximate surface area is 197 Å². The van der Waals surface area contributed by atoms with Gasteiger partial charge in [-0.05, 0) is 23.8 Å². The van der Waals surface area contributed by atoms with Crippen LogP contribution in [0.15, 0.2) is 76.1 Å². The summed E-state index contributed by atoms with van der Waals surface area (Å²) in [6, 6.07) is 17.2. The Morgan fingerprint density at radius 2 is 1.85 bits per heavy atom. The van der Waals surface area contributed by atoms with Crippen LogP contribution in [-0.2, 0) is 16.0 Å². The van der Waals surface area contributed by atoms with E-state index in [0.29, 0.717) is 11.3 Å². The van der Waals surface area contributed by atoms with Crippen molar-refractivity contribution >= 4 is 51.9 Å². The first-order valence-electron chi connectivity index (χ1n) is 9.72. The first-order valence-corrected chi connectivity index (χ1v) is 10.9. The largest absolute Gasteiger partial charge is 0.480 e. The summed E-state index contributed by atoms with van der Waals surface area (Å²) in [4.78, 5) is 37.1. The number of carboxylic acids is 1. The minimum absolute atomic E-state index is 0.102. The second-order valence-electron chi connectivity index (χ2n) is 7.07. The molecule has 1 N–H and O–H groups in total. The zero-order valence-electron chi connectivity index (χ0n) is 16.9. The topological polar surface area (TPSA) is 114 Å². The predicted molar refractivity (Wildman–Crippen MR) is 127 cm³/mol. The number of thiocarbonyl (C=S) groups is 1. The maximum absolute atomic E-state index is 13.0. The lowest BCUT2D eigenvalue weighted by molar-refractivity contribution is -0.384. The molecule has 0 spiro atoms. The van der Waals surface area contributed by atoms with E-state index in [1.807, 2.05) is 6.07 Å². The maximum Gasteiger partial charge on any atom is 0.327 e. The third kappa shape index (κ3) is 4.71. The number of thioether (sulfide) groups is 1. The number of nitrogens with zero attached hydrogens (tertiary/aromatic N) is 2. The normalized spacial score (nSPS) is 15.8. The Morgan fingerprint density at radius 1 is 1.15 bits per heavy atom. The summed E-state index contributed by atoms with van der Waals surface area (Å²) in [6.45, 7) is 0. The van der Waals surface area contributed by atoms with Crippen LogP contribution in [-0.4, -0.2) is 37.2 Å². The van der Waals surface area contributed by atoms with E-state index in [1.165, 1.54) is 12.1 Å². The number of hydrogen-bond donors (Lipinski definition) is 1. The molecule has 166 valence electrons. The van der Waals surface area contributed by atoms with E-state index in [0.717, 1.165) is 22.2 Å². The molecule has 1 aliphatic rings. The number of nitro groups is 1. The van der Waals surface area contributed by atoms with Crippen LogP contribution < -0.4 is 0 Å². The van der Waals surface area contributed by atoms with Crippen molar-refractivity contribution in [1.82, 2.24) is 4.90 Å². The van der Waals surface area contributed by atoms with Gasteiger partial charge in [-0.3, -0.25) is 19.8 Å². The number of furan rings is 1. The van der Waals surface area contributed by atoms with E-state index in [9.17, 15) is 24.8 Å². The molecule has 1 aliphatic heterocycles. The lowest BCUT2D eigenvalue weighted by atomic mass is 10.0. The molecule has 0 unspecified atom stereocenters. The van der Waals surface area contributed by atoms with Crippen molar-refractivity contribution in [3.05, 3.63) is 93.1 Å². The first-order chi connectivity index (χ1) is 15.8. The van der Waals surface area contributed by atoms with Gasteiger partial charge in [0.1, 0.15) is 21.9 Å². The molecule has 2 aromatic carbocycles. The molecule has 3 aromatic rings. The lowest BCUT2D eigenvalue weighted by Gasteiger charge is -2.23. The zero-order valence-corrected chi connectivity index (χ0v) is 18.5. The van der Waals surface area contributed by atoms with Gasteiger partial charge in [-0.25, -0.2) is 4.79 Å². The third-order valence-corrected chi connectivity index (χ3v) is 6.29. The second kappa shape index (κ2) is 9.39. The highest BCUT2D eigenvalue weighted by atomic mass is 32.2. The van der Waals surface area contributed by atoms with E-state index in [-0.39, 0.29) is 27.1 Å². The number of hydrogen-bond acceptors (Lipinski definition) is 7. The molecule has 0 radical (unpaired) electrons. The number of aliphatic carboxylic acids is 1. The fraction of sp³-hybridized carbons (Fsp3) is 0.0870. The molecule has 1 aromatic heterocycles. The molecule has 2 heterocycles. The SMILES string of the molecule is O=C(O)[C@H](Cc1ccccc1)N1C(=O)/C(=C\c2ccc(-c3ccccc3[N+](=O)[O-])o2)SC1=S. The quantitative estimate of drug-likeness (QED) is 0.223. The number of para-hydroxylation sites is 1. The van der Waals surface area contributed by atoms with Crippen molar-refractivity contribution in [2.24, 2.45) is 0 Å². The van der Waals surface area contributed by atoms with Gasteiger partial charge in [0, 0.05) is 18.6 Å². The highest BCUT2D eigenvalue weighted by Gasteiger charge is 2.40. The van der Waals surface area contributed by atoms with Crippen molar-refractivity contribution in [2.75, 3.05) is 0 Å². The molecular weight excluding hydrogens is 464 g/mol.